The summed E-state index contributed by atoms with van der Waals surface area (Å²) in [6.07, 6.45) is 1.98. The number of nitrogens with zero attached hydrogens (tertiary/aromatic N) is 1. The summed E-state index contributed by atoms with van der Waals surface area (Å²) in [6, 6.07) is 16.6. The van der Waals surface area contributed by atoms with Gasteiger partial charge in [0.1, 0.15) is 0 Å². The molecule has 0 radical (unpaired) electrons. The Morgan fingerprint density at radius 3 is 2.39 bits per heavy atom. The predicted molar refractivity (Wildman–Crippen MR) is 141 cm³/mol. The Morgan fingerprint density at radius 2 is 1.76 bits per heavy atom. The SMILES string of the molecule is Cc1cc(Cl)ccc1NC1NC(=O)/C(=C/c2cc(C)n(-c3ccc(C(C)(C)C)cc3)c2C)S1. The lowest BCUT2D eigenvalue weighted by molar-refractivity contribution is -0.116. The van der Waals surface area contributed by atoms with E-state index in [0.717, 1.165) is 33.9 Å². The van der Waals surface area contributed by atoms with Crippen LogP contribution in [0.25, 0.3) is 11.8 Å². The number of halogens is 1. The van der Waals surface area contributed by atoms with Crippen LogP contribution < -0.4 is 10.6 Å². The molecule has 4 rings (SSSR count). The number of benzene rings is 2. The van der Waals surface area contributed by atoms with Gasteiger partial charge < -0.3 is 15.2 Å². The second-order valence-corrected chi connectivity index (χ2v) is 11.1. The fourth-order valence-corrected chi connectivity index (χ4v) is 5.27. The van der Waals surface area contributed by atoms with Crippen LogP contribution in [0.4, 0.5) is 5.69 Å². The minimum absolute atomic E-state index is 0.0663. The van der Waals surface area contributed by atoms with Gasteiger partial charge in [0.05, 0.1) is 4.91 Å². The van der Waals surface area contributed by atoms with Crippen molar-refractivity contribution in [1.29, 1.82) is 0 Å². The molecule has 1 aliphatic rings. The van der Waals surface area contributed by atoms with E-state index in [1.54, 1.807) is 0 Å². The molecule has 33 heavy (non-hydrogen) atoms. The standard InChI is InChI=1S/C27H30ClN3OS/c1-16-13-21(28)9-12-23(16)29-26-30-25(32)24(33-26)15-19-14-17(2)31(18(19)3)22-10-7-20(8-11-22)27(4,5)6/h7-15,26,29H,1-6H3,(H,30,32)/b24-15-. The Morgan fingerprint density at radius 1 is 1.06 bits per heavy atom. The summed E-state index contributed by atoms with van der Waals surface area (Å²) in [7, 11) is 0. The van der Waals surface area contributed by atoms with Gasteiger partial charge in [0.15, 0.2) is 5.50 Å². The van der Waals surface area contributed by atoms with Crippen LogP contribution in [0.1, 0.15) is 48.8 Å². The lowest BCUT2D eigenvalue weighted by atomic mass is 9.87. The highest BCUT2D eigenvalue weighted by atomic mass is 35.5. The Balaban J connectivity index is 1.56. The van der Waals surface area contributed by atoms with Gasteiger partial charge in [0.25, 0.3) is 5.91 Å². The average molecular weight is 480 g/mol. The Labute approximate surface area is 205 Å². The second kappa shape index (κ2) is 8.96. The van der Waals surface area contributed by atoms with Gasteiger partial charge in [-0.1, -0.05) is 56.3 Å². The molecule has 0 aliphatic carbocycles. The maximum atomic E-state index is 12.7. The summed E-state index contributed by atoms with van der Waals surface area (Å²) in [5.41, 5.74) is 7.63. The van der Waals surface area contributed by atoms with E-state index in [-0.39, 0.29) is 16.8 Å². The molecule has 1 saturated heterocycles. The molecule has 0 spiro atoms. The lowest BCUT2D eigenvalue weighted by Gasteiger charge is -2.20. The minimum Gasteiger partial charge on any atom is -0.356 e. The van der Waals surface area contributed by atoms with Crippen LogP contribution in [-0.2, 0) is 10.2 Å². The molecule has 1 aromatic heterocycles. The molecule has 1 atom stereocenters. The third-order valence-corrected chi connectivity index (χ3v) is 7.22. The zero-order chi connectivity index (χ0) is 23.9. The van der Waals surface area contributed by atoms with Crippen LogP contribution in [0.5, 0.6) is 0 Å². The van der Waals surface area contributed by atoms with Crippen molar-refractivity contribution < 1.29 is 4.79 Å². The highest BCUT2D eigenvalue weighted by molar-refractivity contribution is 8.05. The minimum atomic E-state index is -0.225. The van der Waals surface area contributed by atoms with E-state index < -0.39 is 0 Å². The van der Waals surface area contributed by atoms with Crippen molar-refractivity contribution in [2.75, 3.05) is 5.32 Å². The molecule has 0 bridgehead atoms. The van der Waals surface area contributed by atoms with Crippen LogP contribution in [-0.4, -0.2) is 16.0 Å². The number of hydrogen-bond donors (Lipinski definition) is 2. The van der Waals surface area contributed by atoms with E-state index in [9.17, 15) is 4.79 Å². The van der Waals surface area contributed by atoms with Crippen LogP contribution in [0.2, 0.25) is 5.02 Å². The second-order valence-electron chi connectivity index (χ2n) is 9.54. The first kappa shape index (κ1) is 23.5. The number of carbonyl (C=O) groups is 1. The molecule has 2 N–H and O–H groups in total. The number of aryl methyl sites for hydroxylation is 2. The first-order valence-electron chi connectivity index (χ1n) is 11.0. The van der Waals surface area contributed by atoms with E-state index >= 15 is 0 Å². The molecular weight excluding hydrogens is 450 g/mol. The van der Waals surface area contributed by atoms with Crippen LogP contribution >= 0.6 is 23.4 Å². The normalized spacial score (nSPS) is 17.5. The third kappa shape index (κ3) is 4.99. The maximum Gasteiger partial charge on any atom is 0.260 e. The van der Waals surface area contributed by atoms with Crippen molar-refractivity contribution in [1.82, 2.24) is 9.88 Å². The number of carbonyl (C=O) groups excluding carboxylic acids is 1. The van der Waals surface area contributed by atoms with Crippen LogP contribution in [0.3, 0.4) is 0 Å². The molecule has 2 aromatic carbocycles. The summed E-state index contributed by atoms with van der Waals surface area (Å²) >= 11 is 7.55. The number of anilines is 1. The molecule has 3 aromatic rings. The summed E-state index contributed by atoms with van der Waals surface area (Å²) in [6.45, 7) is 12.9. The first-order chi connectivity index (χ1) is 15.5. The summed E-state index contributed by atoms with van der Waals surface area (Å²) in [5.74, 6) is -0.0663. The van der Waals surface area contributed by atoms with E-state index in [1.807, 2.05) is 31.2 Å². The zero-order valence-corrected chi connectivity index (χ0v) is 21.5. The Hall–Kier alpha value is -2.63. The molecule has 1 amide bonds. The van der Waals surface area contributed by atoms with Gasteiger partial charge in [-0.05, 0) is 85.4 Å². The number of thioether (sulfide) groups is 1. The van der Waals surface area contributed by atoms with Gasteiger partial charge in [0, 0.05) is 27.8 Å². The highest BCUT2D eigenvalue weighted by Crippen LogP contribution is 2.33. The van der Waals surface area contributed by atoms with Gasteiger partial charge in [-0.2, -0.15) is 0 Å². The van der Waals surface area contributed by atoms with E-state index in [4.69, 9.17) is 11.6 Å². The van der Waals surface area contributed by atoms with E-state index in [0.29, 0.717) is 9.93 Å². The van der Waals surface area contributed by atoms with E-state index in [2.05, 4.69) is 80.2 Å². The lowest BCUT2D eigenvalue weighted by Crippen LogP contribution is -2.31. The van der Waals surface area contributed by atoms with Crippen molar-refractivity contribution in [3.63, 3.8) is 0 Å². The average Bonchev–Trinajstić information content (AvgIpc) is 3.22. The molecule has 4 nitrogen and oxygen atoms in total. The summed E-state index contributed by atoms with van der Waals surface area (Å²) in [4.78, 5) is 13.4. The number of amides is 1. The van der Waals surface area contributed by atoms with Crippen molar-refractivity contribution in [3.05, 3.63) is 86.5 Å². The summed E-state index contributed by atoms with van der Waals surface area (Å²) in [5, 5.41) is 7.09. The van der Waals surface area contributed by atoms with Gasteiger partial charge in [-0.25, -0.2) is 0 Å². The number of hydrogen-bond acceptors (Lipinski definition) is 3. The molecule has 1 aliphatic heterocycles. The smallest absolute Gasteiger partial charge is 0.260 e. The van der Waals surface area contributed by atoms with Crippen molar-refractivity contribution >= 4 is 41.0 Å². The van der Waals surface area contributed by atoms with Crippen molar-refractivity contribution in [3.8, 4) is 5.69 Å². The highest BCUT2D eigenvalue weighted by Gasteiger charge is 2.28. The van der Waals surface area contributed by atoms with Gasteiger partial charge in [-0.15, -0.1) is 0 Å². The molecule has 172 valence electrons. The Kier molecular flexibility index (Phi) is 6.39. The van der Waals surface area contributed by atoms with Crippen LogP contribution in [0.15, 0.2) is 53.4 Å². The zero-order valence-electron chi connectivity index (χ0n) is 19.9. The predicted octanol–water partition coefficient (Wildman–Crippen LogP) is 6.95. The van der Waals surface area contributed by atoms with Crippen LogP contribution in [0, 0.1) is 20.8 Å². The van der Waals surface area contributed by atoms with E-state index in [1.165, 1.54) is 17.3 Å². The quantitative estimate of drug-likeness (QED) is 0.398. The van der Waals surface area contributed by atoms with Gasteiger partial charge in [0.2, 0.25) is 0 Å². The van der Waals surface area contributed by atoms with Gasteiger partial charge in [-0.3, -0.25) is 4.79 Å². The van der Waals surface area contributed by atoms with Gasteiger partial charge >= 0.3 is 0 Å². The van der Waals surface area contributed by atoms with Crippen molar-refractivity contribution in [2.45, 2.75) is 52.5 Å². The fraction of sp³-hybridized carbons (Fsp3) is 0.296. The molecule has 2 heterocycles. The first-order valence-corrected chi connectivity index (χ1v) is 12.3. The fourth-order valence-electron chi connectivity index (χ4n) is 4.08. The molecule has 1 unspecified atom stereocenters. The monoisotopic (exact) mass is 479 g/mol. The molecule has 0 saturated carbocycles. The maximum absolute atomic E-state index is 12.7. The molecule has 6 heteroatoms. The number of nitrogens with one attached hydrogen (secondary N) is 2. The Bertz CT molecular complexity index is 1240. The summed E-state index contributed by atoms with van der Waals surface area (Å²) < 4.78 is 2.24. The topological polar surface area (TPSA) is 46.1 Å². The van der Waals surface area contributed by atoms with Crippen molar-refractivity contribution in [2.24, 2.45) is 0 Å². The molecule has 1 fully saturated rings. The largest absolute Gasteiger partial charge is 0.356 e. The number of rotatable bonds is 4. The third-order valence-electron chi connectivity index (χ3n) is 5.95. The number of aromatic nitrogens is 1. The molecular formula is C27H30ClN3OS.